The SMILES string of the molecule is Cc1cc(NC2CCCC(C(C)C)CC2)ccc1[N+](=O)[O-]. The first-order valence-electron chi connectivity index (χ1n) is 7.99. The zero-order valence-electron chi connectivity index (χ0n) is 13.3. The molecule has 0 aromatic heterocycles. The Labute approximate surface area is 127 Å². The van der Waals surface area contributed by atoms with Crippen LogP contribution in [-0.2, 0) is 0 Å². The largest absolute Gasteiger partial charge is 0.382 e. The van der Waals surface area contributed by atoms with E-state index in [-0.39, 0.29) is 10.6 Å². The molecule has 1 aromatic rings. The Morgan fingerprint density at radius 3 is 2.62 bits per heavy atom. The van der Waals surface area contributed by atoms with E-state index < -0.39 is 0 Å². The monoisotopic (exact) mass is 290 g/mol. The molecule has 0 bridgehead atoms. The van der Waals surface area contributed by atoms with Gasteiger partial charge in [0.15, 0.2) is 0 Å². The number of aryl methyl sites for hydroxylation is 1. The molecule has 21 heavy (non-hydrogen) atoms. The Hall–Kier alpha value is -1.58. The van der Waals surface area contributed by atoms with Gasteiger partial charge in [-0.1, -0.05) is 26.7 Å². The molecule has 0 amide bonds. The van der Waals surface area contributed by atoms with Crippen molar-refractivity contribution in [3.63, 3.8) is 0 Å². The maximum Gasteiger partial charge on any atom is 0.272 e. The number of hydrogen-bond acceptors (Lipinski definition) is 3. The van der Waals surface area contributed by atoms with Gasteiger partial charge < -0.3 is 5.32 Å². The highest BCUT2D eigenvalue weighted by Crippen LogP contribution is 2.30. The van der Waals surface area contributed by atoms with Crippen LogP contribution in [0.25, 0.3) is 0 Å². The molecule has 2 rings (SSSR count). The van der Waals surface area contributed by atoms with Gasteiger partial charge in [0.1, 0.15) is 0 Å². The van der Waals surface area contributed by atoms with Crippen molar-refractivity contribution in [2.75, 3.05) is 5.32 Å². The van der Waals surface area contributed by atoms with Gasteiger partial charge in [-0.3, -0.25) is 10.1 Å². The van der Waals surface area contributed by atoms with Crippen molar-refractivity contribution in [2.45, 2.75) is 58.9 Å². The van der Waals surface area contributed by atoms with Crippen molar-refractivity contribution < 1.29 is 4.92 Å². The van der Waals surface area contributed by atoms with Gasteiger partial charge in [-0.05, 0) is 50.2 Å². The average molecular weight is 290 g/mol. The lowest BCUT2D eigenvalue weighted by Gasteiger charge is -2.20. The van der Waals surface area contributed by atoms with E-state index in [1.165, 1.54) is 32.1 Å². The summed E-state index contributed by atoms with van der Waals surface area (Å²) < 4.78 is 0. The van der Waals surface area contributed by atoms with Crippen LogP contribution < -0.4 is 5.32 Å². The number of anilines is 1. The van der Waals surface area contributed by atoms with Gasteiger partial charge >= 0.3 is 0 Å². The summed E-state index contributed by atoms with van der Waals surface area (Å²) in [6.45, 7) is 6.43. The lowest BCUT2D eigenvalue weighted by molar-refractivity contribution is -0.385. The highest BCUT2D eigenvalue weighted by Gasteiger charge is 2.21. The molecule has 0 spiro atoms. The Balaban J connectivity index is 1.98. The molecule has 116 valence electrons. The fourth-order valence-corrected chi connectivity index (χ4v) is 3.33. The molecule has 0 saturated heterocycles. The van der Waals surface area contributed by atoms with Crippen LogP contribution >= 0.6 is 0 Å². The van der Waals surface area contributed by atoms with Gasteiger partial charge in [-0.25, -0.2) is 0 Å². The van der Waals surface area contributed by atoms with Gasteiger partial charge in [0.2, 0.25) is 0 Å². The van der Waals surface area contributed by atoms with Crippen LogP contribution in [0.15, 0.2) is 18.2 Å². The second-order valence-corrected chi connectivity index (χ2v) is 6.61. The Bertz CT molecular complexity index is 500. The lowest BCUT2D eigenvalue weighted by Crippen LogP contribution is -2.18. The van der Waals surface area contributed by atoms with Gasteiger partial charge in [0.05, 0.1) is 4.92 Å². The molecule has 1 aliphatic rings. The van der Waals surface area contributed by atoms with Crippen molar-refractivity contribution in [3.8, 4) is 0 Å². The van der Waals surface area contributed by atoms with Crippen LogP contribution in [0.1, 0.15) is 51.5 Å². The summed E-state index contributed by atoms with van der Waals surface area (Å²) in [7, 11) is 0. The molecule has 0 aliphatic heterocycles. The molecular weight excluding hydrogens is 264 g/mol. The molecule has 1 aliphatic carbocycles. The smallest absolute Gasteiger partial charge is 0.272 e. The van der Waals surface area contributed by atoms with Crippen LogP contribution in [0.4, 0.5) is 11.4 Å². The standard InChI is InChI=1S/C17H26N2O2/c1-12(2)14-5-4-6-15(8-7-14)18-16-9-10-17(19(20)21)13(3)11-16/h9-12,14-15,18H,4-8H2,1-3H3. The predicted molar refractivity (Wildman–Crippen MR) is 86.7 cm³/mol. The summed E-state index contributed by atoms with van der Waals surface area (Å²) in [4.78, 5) is 10.5. The zero-order chi connectivity index (χ0) is 15.4. The Kier molecular flexibility index (Phi) is 5.21. The van der Waals surface area contributed by atoms with Crippen molar-refractivity contribution in [3.05, 3.63) is 33.9 Å². The van der Waals surface area contributed by atoms with Crippen LogP contribution in [-0.4, -0.2) is 11.0 Å². The molecule has 1 aromatic carbocycles. The summed E-state index contributed by atoms with van der Waals surface area (Å²) in [5.41, 5.74) is 1.92. The van der Waals surface area contributed by atoms with E-state index in [9.17, 15) is 10.1 Å². The van der Waals surface area contributed by atoms with Crippen molar-refractivity contribution in [1.82, 2.24) is 0 Å². The number of hydrogen-bond donors (Lipinski definition) is 1. The Morgan fingerprint density at radius 2 is 2.00 bits per heavy atom. The third-order valence-electron chi connectivity index (χ3n) is 4.72. The van der Waals surface area contributed by atoms with E-state index in [1.807, 2.05) is 12.1 Å². The van der Waals surface area contributed by atoms with Gasteiger partial charge in [0, 0.05) is 23.4 Å². The number of nitrogens with zero attached hydrogens (tertiary/aromatic N) is 1. The minimum Gasteiger partial charge on any atom is -0.382 e. The summed E-state index contributed by atoms with van der Waals surface area (Å²) in [5.74, 6) is 1.61. The van der Waals surface area contributed by atoms with E-state index in [4.69, 9.17) is 0 Å². The molecule has 2 unspecified atom stereocenters. The van der Waals surface area contributed by atoms with E-state index in [0.29, 0.717) is 6.04 Å². The van der Waals surface area contributed by atoms with Crippen LogP contribution in [0.3, 0.4) is 0 Å². The lowest BCUT2D eigenvalue weighted by atomic mass is 9.89. The molecule has 0 heterocycles. The van der Waals surface area contributed by atoms with E-state index in [1.54, 1.807) is 13.0 Å². The average Bonchev–Trinajstić information content (AvgIpc) is 2.64. The fraction of sp³-hybridized carbons (Fsp3) is 0.647. The maximum atomic E-state index is 10.9. The molecule has 4 heteroatoms. The molecule has 4 nitrogen and oxygen atoms in total. The fourth-order valence-electron chi connectivity index (χ4n) is 3.33. The molecular formula is C17H26N2O2. The van der Waals surface area contributed by atoms with Crippen LogP contribution in [0, 0.1) is 28.9 Å². The quantitative estimate of drug-likeness (QED) is 0.486. The number of nitro groups is 1. The van der Waals surface area contributed by atoms with Gasteiger partial charge in [-0.15, -0.1) is 0 Å². The molecule has 0 radical (unpaired) electrons. The minimum absolute atomic E-state index is 0.196. The van der Waals surface area contributed by atoms with E-state index in [2.05, 4.69) is 19.2 Å². The molecule has 1 N–H and O–H groups in total. The van der Waals surface area contributed by atoms with Crippen molar-refractivity contribution >= 4 is 11.4 Å². The highest BCUT2D eigenvalue weighted by molar-refractivity contribution is 5.54. The van der Waals surface area contributed by atoms with Crippen LogP contribution in [0.5, 0.6) is 0 Å². The highest BCUT2D eigenvalue weighted by atomic mass is 16.6. The Morgan fingerprint density at radius 1 is 1.24 bits per heavy atom. The molecule has 1 fully saturated rings. The van der Waals surface area contributed by atoms with Crippen molar-refractivity contribution in [2.24, 2.45) is 11.8 Å². The summed E-state index contributed by atoms with van der Waals surface area (Å²) in [6, 6.07) is 5.82. The van der Waals surface area contributed by atoms with Gasteiger partial charge in [0.25, 0.3) is 5.69 Å². The number of nitro benzene ring substituents is 1. The second kappa shape index (κ2) is 6.92. The third kappa shape index (κ3) is 4.19. The number of benzene rings is 1. The first kappa shape index (κ1) is 15.8. The van der Waals surface area contributed by atoms with E-state index >= 15 is 0 Å². The number of nitrogens with one attached hydrogen (secondary N) is 1. The maximum absolute atomic E-state index is 10.9. The summed E-state index contributed by atoms with van der Waals surface area (Å²) in [6.07, 6.45) is 6.26. The topological polar surface area (TPSA) is 55.2 Å². The van der Waals surface area contributed by atoms with Crippen LogP contribution in [0.2, 0.25) is 0 Å². The first-order valence-corrected chi connectivity index (χ1v) is 7.99. The summed E-state index contributed by atoms with van der Waals surface area (Å²) >= 11 is 0. The normalized spacial score (nSPS) is 22.9. The number of rotatable bonds is 4. The molecule has 1 saturated carbocycles. The minimum atomic E-state index is -0.321. The second-order valence-electron chi connectivity index (χ2n) is 6.61. The predicted octanol–water partition coefficient (Wildman–Crippen LogP) is 4.92. The third-order valence-corrected chi connectivity index (χ3v) is 4.72. The zero-order valence-corrected chi connectivity index (χ0v) is 13.3. The van der Waals surface area contributed by atoms with E-state index in [0.717, 1.165) is 23.1 Å². The first-order chi connectivity index (χ1) is 9.97. The molecule has 2 atom stereocenters. The summed E-state index contributed by atoms with van der Waals surface area (Å²) in [5, 5.41) is 14.4. The van der Waals surface area contributed by atoms with Crippen molar-refractivity contribution in [1.29, 1.82) is 0 Å². The van der Waals surface area contributed by atoms with Gasteiger partial charge in [-0.2, -0.15) is 0 Å².